The van der Waals surface area contributed by atoms with Gasteiger partial charge in [0.1, 0.15) is 18.3 Å². The molecule has 6 heteroatoms. The number of ether oxygens (including phenoxy) is 2. The molecule has 202 valence electrons. The van der Waals surface area contributed by atoms with E-state index in [0.29, 0.717) is 6.42 Å². The molecule has 1 heterocycles. The molecule has 6 nitrogen and oxygen atoms in total. The minimum Gasteiger partial charge on any atom is -0.457 e. The van der Waals surface area contributed by atoms with E-state index in [9.17, 15) is 20.1 Å². The smallest absolute Gasteiger partial charge is 0.306 e. The summed E-state index contributed by atoms with van der Waals surface area (Å²) in [5, 5.41) is 28.8. The van der Waals surface area contributed by atoms with E-state index in [0.717, 1.165) is 19.3 Å². The highest BCUT2D eigenvalue weighted by Crippen LogP contribution is 2.20. The SMILES string of the molecule is CCCCCCCCCCCCCCCCCCCCCC(=O)OC(CO)C1OC[C@@H](O)[C@H]1O. The Balaban J connectivity index is 1.82. The molecular formula is C28H54O6. The summed E-state index contributed by atoms with van der Waals surface area (Å²) in [6.45, 7) is 1.83. The van der Waals surface area contributed by atoms with Crippen molar-refractivity contribution in [2.45, 2.75) is 160 Å². The number of rotatable bonds is 23. The Labute approximate surface area is 208 Å². The largest absolute Gasteiger partial charge is 0.457 e. The molecule has 0 bridgehead atoms. The molecule has 1 aliphatic rings. The third-order valence-electron chi connectivity index (χ3n) is 7.00. The lowest BCUT2D eigenvalue weighted by Crippen LogP contribution is -2.43. The van der Waals surface area contributed by atoms with E-state index in [1.54, 1.807) is 0 Å². The number of hydrogen-bond donors (Lipinski definition) is 3. The Morgan fingerprint density at radius 2 is 1.18 bits per heavy atom. The molecule has 0 aromatic carbocycles. The third-order valence-corrected chi connectivity index (χ3v) is 7.00. The van der Waals surface area contributed by atoms with Gasteiger partial charge in [-0.2, -0.15) is 0 Å². The molecule has 0 aliphatic carbocycles. The maximum Gasteiger partial charge on any atom is 0.306 e. The van der Waals surface area contributed by atoms with Gasteiger partial charge < -0.3 is 24.8 Å². The lowest BCUT2D eigenvalue weighted by Gasteiger charge is -2.24. The van der Waals surface area contributed by atoms with Crippen LogP contribution >= 0.6 is 0 Å². The maximum atomic E-state index is 12.0. The zero-order chi connectivity index (χ0) is 24.9. The average Bonchev–Trinajstić information content (AvgIpc) is 3.17. The Morgan fingerprint density at radius 3 is 1.53 bits per heavy atom. The summed E-state index contributed by atoms with van der Waals surface area (Å²) in [6.07, 6.45) is 21.3. The van der Waals surface area contributed by atoms with E-state index < -0.39 is 31.0 Å². The first-order chi connectivity index (χ1) is 16.6. The van der Waals surface area contributed by atoms with Gasteiger partial charge in [0.05, 0.1) is 13.2 Å². The number of hydrogen-bond acceptors (Lipinski definition) is 6. The van der Waals surface area contributed by atoms with E-state index in [-0.39, 0.29) is 12.6 Å². The zero-order valence-electron chi connectivity index (χ0n) is 21.9. The van der Waals surface area contributed by atoms with Crippen molar-refractivity contribution in [1.29, 1.82) is 0 Å². The van der Waals surface area contributed by atoms with Crippen LogP contribution in [0, 0.1) is 0 Å². The Kier molecular flexibility index (Phi) is 19.9. The number of carbonyl (C=O) groups is 1. The van der Waals surface area contributed by atoms with E-state index in [4.69, 9.17) is 9.47 Å². The Hall–Kier alpha value is -0.690. The van der Waals surface area contributed by atoms with Crippen LogP contribution < -0.4 is 0 Å². The van der Waals surface area contributed by atoms with Gasteiger partial charge in [-0.1, -0.05) is 122 Å². The quantitative estimate of drug-likeness (QED) is 0.124. The van der Waals surface area contributed by atoms with Crippen LogP contribution in [0.5, 0.6) is 0 Å². The highest BCUT2D eigenvalue weighted by atomic mass is 16.6. The predicted molar refractivity (Wildman–Crippen MR) is 137 cm³/mol. The van der Waals surface area contributed by atoms with Gasteiger partial charge in [0.2, 0.25) is 0 Å². The van der Waals surface area contributed by atoms with Crippen LogP contribution in [-0.2, 0) is 14.3 Å². The van der Waals surface area contributed by atoms with Gasteiger partial charge in [-0.15, -0.1) is 0 Å². The van der Waals surface area contributed by atoms with Crippen LogP contribution in [-0.4, -0.2) is 58.9 Å². The number of unbranched alkanes of at least 4 members (excludes halogenated alkanes) is 18. The van der Waals surface area contributed by atoms with Crippen molar-refractivity contribution in [2.75, 3.05) is 13.2 Å². The minimum atomic E-state index is -1.14. The first-order valence-corrected chi connectivity index (χ1v) is 14.4. The summed E-state index contributed by atoms with van der Waals surface area (Å²) >= 11 is 0. The summed E-state index contributed by atoms with van der Waals surface area (Å²) in [5.41, 5.74) is 0. The maximum absolute atomic E-state index is 12.0. The van der Waals surface area contributed by atoms with Crippen molar-refractivity contribution < 1.29 is 29.6 Å². The second kappa shape index (κ2) is 21.6. The topological polar surface area (TPSA) is 96.2 Å². The molecule has 0 aromatic heterocycles. The molecule has 0 saturated carbocycles. The summed E-state index contributed by atoms with van der Waals surface area (Å²) in [4.78, 5) is 12.0. The molecule has 0 aromatic rings. The van der Waals surface area contributed by atoms with Crippen LogP contribution in [0.3, 0.4) is 0 Å². The van der Waals surface area contributed by atoms with Crippen molar-refractivity contribution in [1.82, 2.24) is 0 Å². The number of aliphatic hydroxyl groups excluding tert-OH is 3. The zero-order valence-corrected chi connectivity index (χ0v) is 21.9. The molecule has 34 heavy (non-hydrogen) atoms. The van der Waals surface area contributed by atoms with Crippen LogP contribution in [0.15, 0.2) is 0 Å². The highest BCUT2D eigenvalue weighted by molar-refractivity contribution is 5.69. The molecule has 0 radical (unpaired) electrons. The van der Waals surface area contributed by atoms with Crippen molar-refractivity contribution in [2.24, 2.45) is 0 Å². The van der Waals surface area contributed by atoms with Gasteiger partial charge in [-0.25, -0.2) is 0 Å². The van der Waals surface area contributed by atoms with Gasteiger partial charge in [-0.05, 0) is 6.42 Å². The fourth-order valence-corrected chi connectivity index (χ4v) is 4.74. The van der Waals surface area contributed by atoms with Crippen LogP contribution in [0.2, 0.25) is 0 Å². The fraction of sp³-hybridized carbons (Fsp3) is 0.964. The molecule has 2 unspecified atom stereocenters. The summed E-state index contributed by atoms with van der Waals surface area (Å²) in [5.74, 6) is -0.386. The Bertz CT molecular complexity index is 472. The van der Waals surface area contributed by atoms with Crippen molar-refractivity contribution in [3.05, 3.63) is 0 Å². The first kappa shape index (κ1) is 31.3. The predicted octanol–water partition coefficient (Wildman–Crippen LogP) is 5.83. The molecule has 1 aliphatic heterocycles. The molecule has 4 atom stereocenters. The van der Waals surface area contributed by atoms with E-state index in [2.05, 4.69) is 6.92 Å². The number of esters is 1. The van der Waals surface area contributed by atoms with Gasteiger partial charge in [-0.3, -0.25) is 4.79 Å². The van der Waals surface area contributed by atoms with E-state index in [1.807, 2.05) is 0 Å². The number of aliphatic hydroxyl groups is 3. The van der Waals surface area contributed by atoms with Crippen molar-refractivity contribution in [3.8, 4) is 0 Å². The lowest BCUT2D eigenvalue weighted by atomic mass is 10.0. The second-order valence-corrected chi connectivity index (χ2v) is 10.2. The van der Waals surface area contributed by atoms with Crippen molar-refractivity contribution in [3.63, 3.8) is 0 Å². The van der Waals surface area contributed by atoms with Crippen LogP contribution in [0.1, 0.15) is 135 Å². The minimum absolute atomic E-state index is 0.0147. The Morgan fingerprint density at radius 1 is 0.765 bits per heavy atom. The molecule has 0 amide bonds. The molecule has 1 saturated heterocycles. The summed E-state index contributed by atoms with van der Waals surface area (Å²) < 4.78 is 10.5. The van der Waals surface area contributed by atoms with Crippen molar-refractivity contribution >= 4 is 5.97 Å². The molecular weight excluding hydrogens is 432 g/mol. The monoisotopic (exact) mass is 486 g/mol. The average molecular weight is 487 g/mol. The van der Waals surface area contributed by atoms with Gasteiger partial charge >= 0.3 is 5.97 Å². The molecule has 3 N–H and O–H groups in total. The van der Waals surface area contributed by atoms with Crippen LogP contribution in [0.4, 0.5) is 0 Å². The standard InChI is InChI=1S/C28H54O6/c1-2-3-4-5-6-7-8-9-10-11-12-13-14-15-16-17-18-19-20-21-26(31)34-25(22-29)28-27(32)24(30)23-33-28/h24-25,27-30,32H,2-23H2,1H3/t24-,25?,27-,28?/m1/s1. The molecule has 1 rings (SSSR count). The third kappa shape index (κ3) is 15.3. The van der Waals surface area contributed by atoms with E-state index in [1.165, 1.54) is 103 Å². The highest BCUT2D eigenvalue weighted by Gasteiger charge is 2.41. The molecule has 0 spiro atoms. The van der Waals surface area contributed by atoms with Gasteiger partial charge in [0, 0.05) is 6.42 Å². The molecule has 1 fully saturated rings. The van der Waals surface area contributed by atoms with Gasteiger partial charge in [0.15, 0.2) is 6.10 Å². The second-order valence-electron chi connectivity index (χ2n) is 10.2. The van der Waals surface area contributed by atoms with Gasteiger partial charge in [0.25, 0.3) is 0 Å². The first-order valence-electron chi connectivity index (χ1n) is 14.4. The van der Waals surface area contributed by atoms with Crippen LogP contribution in [0.25, 0.3) is 0 Å². The normalized spacial score (nSPS) is 21.1. The number of carbonyl (C=O) groups excluding carboxylic acids is 1. The lowest BCUT2D eigenvalue weighted by molar-refractivity contribution is -0.162. The summed E-state index contributed by atoms with van der Waals surface area (Å²) in [6, 6.07) is 0. The summed E-state index contributed by atoms with van der Waals surface area (Å²) in [7, 11) is 0. The van der Waals surface area contributed by atoms with E-state index >= 15 is 0 Å². The fourth-order valence-electron chi connectivity index (χ4n) is 4.74.